The quantitative estimate of drug-likeness (QED) is 0.0874. The molecule has 11 atom stereocenters. The second kappa shape index (κ2) is 22.7. The molecule has 396 valence electrons. The minimum Gasteiger partial charge on any atom is -0.491 e. The van der Waals surface area contributed by atoms with Gasteiger partial charge in [0.15, 0.2) is 6.29 Å². The summed E-state index contributed by atoms with van der Waals surface area (Å²) in [5.41, 5.74) is -6.07. The van der Waals surface area contributed by atoms with Crippen LogP contribution in [0.5, 0.6) is 0 Å². The van der Waals surface area contributed by atoms with Gasteiger partial charge < -0.3 is 69.3 Å². The monoisotopic (exact) mass is 986 g/mol. The van der Waals surface area contributed by atoms with Crippen LogP contribution in [0, 0.1) is 11.3 Å². The lowest BCUT2D eigenvalue weighted by Crippen LogP contribution is -2.70. The van der Waals surface area contributed by atoms with E-state index in [2.05, 4.69) is 26.6 Å². The van der Waals surface area contributed by atoms with Gasteiger partial charge in [0.05, 0.1) is 37.4 Å². The van der Waals surface area contributed by atoms with E-state index in [0.717, 1.165) is 4.90 Å². The summed E-state index contributed by atoms with van der Waals surface area (Å²) < 4.78 is 41.5. The molecule has 0 radical (unpaired) electrons. The fraction of sp³-hybridized carbons (Fsp3) is 0.830. The number of alkyl carbamates (subject to hydrolysis) is 3. The van der Waals surface area contributed by atoms with Gasteiger partial charge in [-0.15, -0.1) is 0 Å². The largest absolute Gasteiger partial charge is 0.491 e. The summed E-state index contributed by atoms with van der Waals surface area (Å²) in [5.74, 6) is -1.52. The molecule has 8 N–H and O–H groups in total. The average molecular weight is 986 g/mol. The van der Waals surface area contributed by atoms with E-state index >= 15 is 0 Å². The minimum atomic E-state index is -1.83. The number of amides is 5. The van der Waals surface area contributed by atoms with Crippen molar-refractivity contribution in [2.24, 2.45) is 16.3 Å². The van der Waals surface area contributed by atoms with Crippen LogP contribution in [0.15, 0.2) is 16.8 Å². The van der Waals surface area contributed by atoms with E-state index in [1.165, 1.54) is 14.0 Å². The second-order valence-electron chi connectivity index (χ2n) is 23.4. The number of carbonyl (C=O) groups excluding carboxylic acids is 5. The number of guanidine groups is 1. The number of aliphatic hydroxyl groups is 3. The first-order chi connectivity index (χ1) is 31.3. The summed E-state index contributed by atoms with van der Waals surface area (Å²) in [5, 5.41) is 50.4. The Morgan fingerprint density at radius 1 is 0.783 bits per heavy atom. The number of aliphatic hydroxyl groups excluding tert-OH is 2. The van der Waals surface area contributed by atoms with Crippen molar-refractivity contribution in [1.82, 2.24) is 31.5 Å². The Balaban J connectivity index is 2.28. The van der Waals surface area contributed by atoms with Crippen molar-refractivity contribution < 1.29 is 72.5 Å². The number of ether oxygens (including phenoxy) is 7. The molecule has 22 heteroatoms. The van der Waals surface area contributed by atoms with Crippen molar-refractivity contribution in [2.45, 2.75) is 213 Å². The molecule has 1 saturated carbocycles. The molecular weight excluding hydrogens is 903 g/mol. The van der Waals surface area contributed by atoms with Crippen LogP contribution in [-0.2, 0) is 38.0 Å². The van der Waals surface area contributed by atoms with Crippen LogP contribution < -0.4 is 26.6 Å². The van der Waals surface area contributed by atoms with Gasteiger partial charge in [-0.2, -0.15) is 0 Å². The highest BCUT2D eigenvalue weighted by molar-refractivity contribution is 6.03. The maximum atomic E-state index is 13.7. The summed E-state index contributed by atoms with van der Waals surface area (Å²) in [6.45, 7) is 26.8. The number of nitrogens with zero attached hydrogens (tertiary/aromatic N) is 2. The Hall–Kier alpha value is -4.48. The third-order valence-electron chi connectivity index (χ3n) is 10.5. The van der Waals surface area contributed by atoms with Gasteiger partial charge in [0, 0.05) is 25.4 Å². The first-order valence-electron chi connectivity index (χ1n) is 23.5. The number of carbonyl (C=O) groups is 5. The average Bonchev–Trinajstić information content (AvgIpc) is 3.10. The number of rotatable bonds is 10. The van der Waals surface area contributed by atoms with Gasteiger partial charge in [-0.3, -0.25) is 15.4 Å². The summed E-state index contributed by atoms with van der Waals surface area (Å²) in [6.07, 6.45) is -9.66. The summed E-state index contributed by atoms with van der Waals surface area (Å²) in [6, 6.07) is -4.69. The van der Waals surface area contributed by atoms with Gasteiger partial charge in [0.2, 0.25) is 11.9 Å². The van der Waals surface area contributed by atoms with Crippen LogP contribution in [0.25, 0.3) is 0 Å². The molecule has 69 heavy (non-hydrogen) atoms. The van der Waals surface area contributed by atoms with E-state index in [4.69, 9.17) is 38.2 Å². The van der Waals surface area contributed by atoms with Gasteiger partial charge in [0.1, 0.15) is 52.1 Å². The lowest BCUT2D eigenvalue weighted by Gasteiger charge is -2.51. The highest BCUT2D eigenvalue weighted by atomic mass is 16.7. The normalized spacial score (nSPS) is 29.3. The Bertz CT molecular complexity index is 1830. The number of hydrogen-bond acceptors (Lipinski definition) is 17. The van der Waals surface area contributed by atoms with Crippen molar-refractivity contribution in [2.75, 3.05) is 27.2 Å². The molecule has 2 aliphatic heterocycles. The van der Waals surface area contributed by atoms with Crippen molar-refractivity contribution in [3.8, 4) is 0 Å². The number of nitrogens with one attached hydrogen (secondary N) is 5. The fourth-order valence-corrected chi connectivity index (χ4v) is 8.15. The zero-order valence-corrected chi connectivity index (χ0v) is 44.0. The van der Waals surface area contributed by atoms with Gasteiger partial charge in [0.25, 0.3) is 0 Å². The topological polar surface area (TPSA) is 286 Å². The Kier molecular flexibility index (Phi) is 19.4. The van der Waals surface area contributed by atoms with Crippen LogP contribution in [0.2, 0.25) is 0 Å². The molecule has 0 aromatic carbocycles. The molecule has 22 nitrogen and oxygen atoms in total. The zero-order chi connectivity index (χ0) is 52.8. The SMILES string of the molecule is CNCC1=CC[C@@H](N=C(NC(=O)CC(C)(C)C)NC(=O)OC(C)(C)C)C([C@H]2[C@H](O)[C@@H](O[C@H]3OC[C@](C)(O)[C@H](N(C)C(=O)OC(C)(C)C)[C@H]3O)[C@H](NC(=O)OC(C)(C)C)C[C@@H]2NC(=O)OC(C)(C)C)O1. The Morgan fingerprint density at radius 2 is 1.30 bits per heavy atom. The first-order valence-corrected chi connectivity index (χ1v) is 23.5. The molecule has 1 saturated heterocycles. The highest BCUT2D eigenvalue weighted by Gasteiger charge is 2.56. The summed E-state index contributed by atoms with van der Waals surface area (Å²) in [4.78, 5) is 73.3. The molecule has 1 aliphatic carbocycles. The highest BCUT2D eigenvalue weighted by Crippen LogP contribution is 2.39. The number of likely N-dealkylation sites (N-methyl/N-ethyl adjacent to an activating group) is 2. The third-order valence-corrected chi connectivity index (χ3v) is 10.5. The van der Waals surface area contributed by atoms with Crippen LogP contribution in [0.4, 0.5) is 19.2 Å². The van der Waals surface area contributed by atoms with Crippen molar-refractivity contribution in [1.29, 1.82) is 0 Å². The summed E-state index contributed by atoms with van der Waals surface area (Å²) in [7, 11) is 3.05. The standard InChI is InChI=1S/C47H83N7O15/c1-42(2,3)22-29(55)52-37(53-40(60)68-45(10,11)12)49-26-20-19-25(23-48-17)64-33(26)30-27(50-38(58)66-43(4,5)6)21-28(51-39(59)67-44(7,8)9)34(31(30)56)65-36-32(57)35(47(16,62)24-63-36)54(18)41(61)69-46(13,14)15/h19,26-28,30-36,48,56-57,62H,20-24H2,1-18H3,(H,50,58)(H,51,59)(H2,49,52,53,55,60)/t26-,27+,28-,30-,31+,32-,33?,34+,35-,36-,47+/m1/s1. The van der Waals surface area contributed by atoms with Crippen LogP contribution in [0.1, 0.15) is 130 Å². The maximum absolute atomic E-state index is 13.7. The number of aliphatic imine (C=N–C) groups is 1. The second-order valence-corrected chi connectivity index (χ2v) is 23.4. The first kappa shape index (κ1) is 58.8. The van der Waals surface area contributed by atoms with Crippen molar-refractivity contribution in [3.63, 3.8) is 0 Å². The van der Waals surface area contributed by atoms with Crippen LogP contribution in [-0.4, -0.2) is 167 Å². The van der Waals surface area contributed by atoms with Crippen LogP contribution in [0.3, 0.4) is 0 Å². The molecule has 0 bridgehead atoms. The van der Waals surface area contributed by atoms with E-state index in [1.807, 2.05) is 20.8 Å². The molecule has 2 heterocycles. The van der Waals surface area contributed by atoms with Crippen LogP contribution >= 0.6 is 0 Å². The lowest BCUT2D eigenvalue weighted by molar-refractivity contribution is -0.305. The predicted octanol–water partition coefficient (Wildman–Crippen LogP) is 3.94. The molecule has 0 aromatic rings. The zero-order valence-electron chi connectivity index (χ0n) is 44.0. The van der Waals surface area contributed by atoms with Gasteiger partial charge >= 0.3 is 24.4 Å². The molecule has 2 fully saturated rings. The Morgan fingerprint density at radius 3 is 1.81 bits per heavy atom. The molecule has 3 aliphatic rings. The van der Waals surface area contributed by atoms with Crippen molar-refractivity contribution >= 4 is 36.2 Å². The molecule has 0 aromatic heterocycles. The van der Waals surface area contributed by atoms with E-state index in [1.54, 1.807) is 96.2 Å². The van der Waals surface area contributed by atoms with Crippen molar-refractivity contribution in [3.05, 3.63) is 11.8 Å². The molecule has 1 unspecified atom stereocenters. The molecule has 3 rings (SSSR count). The number of hydrogen-bond donors (Lipinski definition) is 8. The molecule has 0 spiro atoms. The molecular formula is C47H83N7O15. The van der Waals surface area contributed by atoms with E-state index in [0.29, 0.717) is 5.76 Å². The van der Waals surface area contributed by atoms with E-state index in [-0.39, 0.29) is 31.8 Å². The van der Waals surface area contributed by atoms with Gasteiger partial charge in [-0.25, -0.2) is 24.2 Å². The maximum Gasteiger partial charge on any atom is 0.414 e. The Labute approximate surface area is 407 Å². The molecule has 5 amide bonds. The summed E-state index contributed by atoms with van der Waals surface area (Å²) >= 11 is 0. The lowest BCUT2D eigenvalue weighted by atomic mass is 9.72. The smallest absolute Gasteiger partial charge is 0.414 e. The fourth-order valence-electron chi connectivity index (χ4n) is 8.15. The van der Waals surface area contributed by atoms with Gasteiger partial charge in [-0.1, -0.05) is 20.8 Å². The van der Waals surface area contributed by atoms with Gasteiger partial charge in [-0.05, 0) is 121 Å². The van der Waals surface area contributed by atoms with E-state index < -0.39 is 131 Å². The minimum absolute atomic E-state index is 0.0477. The predicted molar refractivity (Wildman–Crippen MR) is 254 cm³/mol. The van der Waals surface area contributed by atoms with E-state index in [9.17, 15) is 39.3 Å². The third kappa shape index (κ3) is 19.0.